The lowest BCUT2D eigenvalue weighted by atomic mass is 10.4. The van der Waals surface area contributed by atoms with Gasteiger partial charge in [-0.25, -0.2) is 9.69 Å². The molecular weight excluding hydrogens is 160 g/mol. The third-order valence-corrected chi connectivity index (χ3v) is 1.60. The molecule has 0 amide bonds. The van der Waals surface area contributed by atoms with Crippen molar-refractivity contribution in [2.75, 3.05) is 0 Å². The van der Waals surface area contributed by atoms with Gasteiger partial charge in [0.2, 0.25) is 0 Å². The third-order valence-electron chi connectivity index (χ3n) is 0.786. The second-order valence-corrected chi connectivity index (χ2v) is 3.11. The maximum Gasteiger partial charge on any atom is 0.309 e. The SMILES string of the molecule is CC(S)C1=NS(=O)ON1. The molecule has 2 unspecified atom stereocenters. The van der Waals surface area contributed by atoms with Crippen LogP contribution in [-0.4, -0.2) is 15.3 Å². The Morgan fingerprint density at radius 2 is 2.67 bits per heavy atom. The van der Waals surface area contributed by atoms with E-state index < -0.39 is 11.3 Å². The summed E-state index contributed by atoms with van der Waals surface area (Å²) in [7, 11) is 0. The lowest BCUT2D eigenvalue weighted by Crippen LogP contribution is -2.24. The van der Waals surface area contributed by atoms with E-state index in [4.69, 9.17) is 0 Å². The van der Waals surface area contributed by atoms with E-state index in [0.29, 0.717) is 5.84 Å². The van der Waals surface area contributed by atoms with Gasteiger partial charge in [-0.2, -0.15) is 16.9 Å². The summed E-state index contributed by atoms with van der Waals surface area (Å²) < 4.78 is 18.3. The Hall–Kier alpha value is -0.0700. The van der Waals surface area contributed by atoms with Crippen LogP contribution < -0.4 is 5.48 Å². The number of thiol groups is 1. The first-order valence-corrected chi connectivity index (χ1v) is 3.87. The Bertz CT molecular complexity index is 167. The molecule has 52 valence electrons. The Morgan fingerprint density at radius 1 is 2.00 bits per heavy atom. The van der Waals surface area contributed by atoms with Crippen LogP contribution in [0.3, 0.4) is 0 Å². The Kier molecular flexibility index (Phi) is 2.09. The minimum Gasteiger partial charge on any atom is -0.234 e. The molecule has 0 radical (unpaired) electrons. The van der Waals surface area contributed by atoms with Crippen molar-refractivity contribution in [1.82, 2.24) is 5.48 Å². The quantitative estimate of drug-likeness (QED) is 0.531. The van der Waals surface area contributed by atoms with E-state index in [1.165, 1.54) is 0 Å². The molecule has 9 heavy (non-hydrogen) atoms. The maximum atomic E-state index is 10.4. The van der Waals surface area contributed by atoms with E-state index in [1.54, 1.807) is 6.92 Å². The molecule has 1 rings (SSSR count). The molecule has 0 fully saturated rings. The Balaban J connectivity index is 2.62. The van der Waals surface area contributed by atoms with Gasteiger partial charge in [0.15, 0.2) is 5.84 Å². The van der Waals surface area contributed by atoms with Gasteiger partial charge in [-0.05, 0) is 6.92 Å². The van der Waals surface area contributed by atoms with Crippen molar-refractivity contribution in [2.24, 2.45) is 4.40 Å². The fourth-order valence-electron chi connectivity index (χ4n) is 0.357. The van der Waals surface area contributed by atoms with E-state index in [9.17, 15) is 4.21 Å². The van der Waals surface area contributed by atoms with Crippen molar-refractivity contribution in [2.45, 2.75) is 12.2 Å². The van der Waals surface area contributed by atoms with Crippen molar-refractivity contribution in [1.29, 1.82) is 0 Å². The van der Waals surface area contributed by atoms with Gasteiger partial charge in [0, 0.05) is 0 Å². The van der Waals surface area contributed by atoms with E-state index >= 15 is 0 Å². The molecule has 1 aliphatic heterocycles. The Morgan fingerprint density at radius 3 is 2.89 bits per heavy atom. The highest BCUT2D eigenvalue weighted by Crippen LogP contribution is 2.02. The van der Waals surface area contributed by atoms with Gasteiger partial charge in [0.1, 0.15) is 0 Å². The second-order valence-electron chi connectivity index (χ2n) is 1.56. The molecule has 0 bridgehead atoms. The number of hydrogen-bond donors (Lipinski definition) is 2. The summed E-state index contributed by atoms with van der Waals surface area (Å²) >= 11 is 2.48. The summed E-state index contributed by atoms with van der Waals surface area (Å²) in [6.45, 7) is 1.81. The fraction of sp³-hybridized carbons (Fsp3) is 0.667. The van der Waals surface area contributed by atoms with E-state index in [-0.39, 0.29) is 5.25 Å². The molecule has 1 aliphatic rings. The predicted octanol–water partition coefficient (Wildman–Crippen LogP) is -0.183. The second kappa shape index (κ2) is 2.68. The molecule has 0 aromatic heterocycles. The Labute approximate surface area is 60.8 Å². The molecule has 0 aromatic carbocycles. The molecule has 0 aliphatic carbocycles. The molecule has 2 atom stereocenters. The van der Waals surface area contributed by atoms with Crippen LogP contribution in [0.1, 0.15) is 6.92 Å². The molecule has 6 heteroatoms. The van der Waals surface area contributed by atoms with Gasteiger partial charge in [0.25, 0.3) is 0 Å². The molecule has 0 saturated heterocycles. The van der Waals surface area contributed by atoms with Crippen LogP contribution in [0.2, 0.25) is 0 Å². The van der Waals surface area contributed by atoms with Crippen LogP contribution >= 0.6 is 12.6 Å². The van der Waals surface area contributed by atoms with Gasteiger partial charge in [-0.1, -0.05) is 0 Å². The van der Waals surface area contributed by atoms with Crippen molar-refractivity contribution >= 4 is 29.7 Å². The topological polar surface area (TPSA) is 50.7 Å². The normalized spacial score (nSPS) is 29.1. The molecule has 0 aromatic rings. The predicted molar refractivity (Wildman–Crippen MR) is 38.2 cm³/mol. The molecule has 0 spiro atoms. The van der Waals surface area contributed by atoms with Gasteiger partial charge in [-0.15, -0.1) is 4.40 Å². The van der Waals surface area contributed by atoms with E-state index in [1.807, 2.05) is 0 Å². The molecular formula is C3H6N2O2S2. The number of amidine groups is 1. The standard InChI is InChI=1S/C3H6N2O2S2/c1-2(8)3-4-7-9(6)5-3/h2,8H,1H3,(H,4,5). The third kappa shape index (κ3) is 1.67. The van der Waals surface area contributed by atoms with Crippen molar-refractivity contribution in [3.8, 4) is 0 Å². The molecule has 4 nitrogen and oxygen atoms in total. The fourth-order valence-corrected chi connectivity index (χ4v) is 1.10. The van der Waals surface area contributed by atoms with Gasteiger partial charge < -0.3 is 0 Å². The largest absolute Gasteiger partial charge is 0.309 e. The zero-order valence-electron chi connectivity index (χ0n) is 4.70. The highest BCUT2D eigenvalue weighted by Gasteiger charge is 2.15. The minimum absolute atomic E-state index is 0.0588. The monoisotopic (exact) mass is 166 g/mol. The summed E-state index contributed by atoms with van der Waals surface area (Å²) in [6, 6.07) is 0. The lowest BCUT2D eigenvalue weighted by molar-refractivity contribution is 0.303. The molecule has 1 heterocycles. The number of hydroxylamine groups is 1. The average Bonchev–Trinajstić information content (AvgIpc) is 2.14. The van der Waals surface area contributed by atoms with E-state index in [0.717, 1.165) is 0 Å². The lowest BCUT2D eigenvalue weighted by Gasteiger charge is -1.98. The van der Waals surface area contributed by atoms with Crippen LogP contribution in [0, 0.1) is 0 Å². The van der Waals surface area contributed by atoms with Crippen molar-refractivity contribution in [3.63, 3.8) is 0 Å². The summed E-state index contributed by atoms with van der Waals surface area (Å²) in [5, 5.41) is -0.0588. The highest BCUT2D eigenvalue weighted by molar-refractivity contribution is 7.82. The maximum absolute atomic E-state index is 10.4. The van der Waals surface area contributed by atoms with Crippen LogP contribution in [0.25, 0.3) is 0 Å². The smallest absolute Gasteiger partial charge is 0.234 e. The summed E-state index contributed by atoms with van der Waals surface area (Å²) in [4.78, 5) is 0. The molecule has 1 N–H and O–H groups in total. The van der Waals surface area contributed by atoms with Gasteiger partial charge >= 0.3 is 11.3 Å². The first-order valence-electron chi connectivity index (χ1n) is 2.32. The van der Waals surface area contributed by atoms with Crippen LogP contribution in [0.4, 0.5) is 0 Å². The van der Waals surface area contributed by atoms with Crippen LogP contribution in [-0.2, 0) is 15.6 Å². The van der Waals surface area contributed by atoms with Gasteiger partial charge in [0.05, 0.1) is 5.25 Å². The average molecular weight is 166 g/mol. The zero-order chi connectivity index (χ0) is 6.85. The summed E-state index contributed by atoms with van der Waals surface area (Å²) in [5.74, 6) is 0.511. The van der Waals surface area contributed by atoms with Crippen molar-refractivity contribution in [3.05, 3.63) is 0 Å². The number of rotatable bonds is 1. The minimum atomic E-state index is -1.55. The van der Waals surface area contributed by atoms with E-state index in [2.05, 4.69) is 26.8 Å². The zero-order valence-corrected chi connectivity index (χ0v) is 6.41. The first kappa shape index (κ1) is 7.04. The molecule has 0 saturated carbocycles. The first-order chi connectivity index (χ1) is 4.20. The van der Waals surface area contributed by atoms with Crippen LogP contribution in [0.15, 0.2) is 4.40 Å². The number of nitrogens with one attached hydrogen (secondary N) is 1. The van der Waals surface area contributed by atoms with Gasteiger partial charge in [-0.3, -0.25) is 0 Å². The summed E-state index contributed by atoms with van der Waals surface area (Å²) in [6.07, 6.45) is 0. The van der Waals surface area contributed by atoms with Crippen molar-refractivity contribution < 1.29 is 8.49 Å². The summed E-state index contributed by atoms with van der Waals surface area (Å²) in [5.41, 5.74) is 2.38. The highest BCUT2D eigenvalue weighted by atomic mass is 32.2. The number of hydrogen-bond acceptors (Lipinski definition) is 4. The number of nitrogens with zero attached hydrogens (tertiary/aromatic N) is 1. The van der Waals surface area contributed by atoms with Crippen LogP contribution in [0.5, 0.6) is 0 Å².